The Bertz CT molecular complexity index is 1490. The zero-order valence-corrected chi connectivity index (χ0v) is 21.3. The molecule has 39 heavy (non-hydrogen) atoms. The van der Waals surface area contributed by atoms with Gasteiger partial charge in [0.1, 0.15) is 0 Å². The molecule has 1 N–H and O–H groups in total. The molecule has 2 atom stereocenters. The molecule has 3 amide bonds. The van der Waals surface area contributed by atoms with Gasteiger partial charge < -0.3 is 10.1 Å². The third kappa shape index (κ3) is 5.27. The van der Waals surface area contributed by atoms with Gasteiger partial charge in [-0.3, -0.25) is 19.2 Å². The maximum absolute atomic E-state index is 13.2. The second kappa shape index (κ2) is 10.9. The minimum atomic E-state index is -0.667. The standard InChI is InChI=1S/C31H26N2O6/c1-19-11-16-23-25(17-19)30(37)33(29(23)36)26-10-6-5-9-24(26)28(35)32-22-14-12-21(13-15-22)31(38)39-18-27(34)20-7-3-2-4-8-20/h2-15,23,25H,16-18H2,1H3,(H,32,35)/t23-,25+/m0/s1. The first kappa shape index (κ1) is 25.8. The van der Waals surface area contributed by atoms with E-state index in [0.717, 1.165) is 10.5 Å². The van der Waals surface area contributed by atoms with Crippen molar-refractivity contribution in [2.45, 2.75) is 19.8 Å². The number of fused-ring (bicyclic) bond motifs is 1. The molecule has 0 aromatic heterocycles. The van der Waals surface area contributed by atoms with Crippen molar-refractivity contribution in [3.63, 3.8) is 0 Å². The molecule has 1 fully saturated rings. The number of hydrogen-bond acceptors (Lipinski definition) is 6. The zero-order valence-electron chi connectivity index (χ0n) is 21.3. The van der Waals surface area contributed by atoms with Crippen molar-refractivity contribution in [2.24, 2.45) is 11.8 Å². The fourth-order valence-corrected chi connectivity index (χ4v) is 4.95. The first-order valence-corrected chi connectivity index (χ1v) is 12.6. The van der Waals surface area contributed by atoms with E-state index in [1.807, 2.05) is 13.0 Å². The number of ether oxygens (including phenoxy) is 1. The molecule has 3 aromatic rings. The van der Waals surface area contributed by atoms with Crippen molar-refractivity contribution < 1.29 is 28.7 Å². The molecule has 2 aliphatic rings. The second-order valence-corrected chi connectivity index (χ2v) is 9.63. The predicted octanol–water partition coefficient (Wildman–Crippen LogP) is 4.82. The largest absolute Gasteiger partial charge is 0.454 e. The Balaban J connectivity index is 1.25. The van der Waals surface area contributed by atoms with E-state index in [0.29, 0.717) is 24.1 Å². The fraction of sp³-hybridized carbons (Fsp3) is 0.194. The topological polar surface area (TPSA) is 110 Å². The van der Waals surface area contributed by atoms with Gasteiger partial charge in [0.25, 0.3) is 5.91 Å². The normalized spacial score (nSPS) is 18.3. The van der Waals surface area contributed by atoms with E-state index in [-0.39, 0.29) is 41.0 Å². The van der Waals surface area contributed by atoms with Crippen molar-refractivity contribution in [3.8, 4) is 0 Å². The van der Waals surface area contributed by atoms with Crippen LogP contribution in [0, 0.1) is 11.8 Å². The van der Waals surface area contributed by atoms with Crippen molar-refractivity contribution in [1.29, 1.82) is 0 Å². The summed E-state index contributed by atoms with van der Waals surface area (Å²) in [6, 6.07) is 21.1. The van der Waals surface area contributed by atoms with Crippen LogP contribution in [0.3, 0.4) is 0 Å². The number of esters is 1. The quantitative estimate of drug-likeness (QED) is 0.206. The molecule has 1 aliphatic carbocycles. The lowest BCUT2D eigenvalue weighted by atomic mass is 9.82. The number of nitrogens with one attached hydrogen (secondary N) is 1. The average molecular weight is 523 g/mol. The SMILES string of the molecule is CC1=CC[C@@H]2C(=O)N(c3ccccc3C(=O)Nc3ccc(C(=O)OCC(=O)c4ccccc4)cc3)C(=O)[C@@H]2C1. The number of hydrogen-bond donors (Lipinski definition) is 1. The van der Waals surface area contributed by atoms with Gasteiger partial charge in [0.05, 0.1) is 28.7 Å². The van der Waals surface area contributed by atoms with Gasteiger partial charge in [0.15, 0.2) is 12.4 Å². The number of rotatable bonds is 7. The smallest absolute Gasteiger partial charge is 0.338 e. The Morgan fingerprint density at radius 1 is 0.846 bits per heavy atom. The molecule has 1 saturated heterocycles. The molecule has 3 aromatic carbocycles. The maximum Gasteiger partial charge on any atom is 0.338 e. The number of ketones is 1. The summed E-state index contributed by atoms with van der Waals surface area (Å²) in [4.78, 5) is 65.2. The number of carbonyl (C=O) groups is 5. The van der Waals surface area contributed by atoms with Gasteiger partial charge in [-0.15, -0.1) is 0 Å². The summed E-state index contributed by atoms with van der Waals surface area (Å²) in [6.07, 6.45) is 3.05. The summed E-state index contributed by atoms with van der Waals surface area (Å²) in [5.74, 6) is -2.87. The van der Waals surface area contributed by atoms with Crippen molar-refractivity contribution in [3.05, 3.63) is 107 Å². The van der Waals surface area contributed by atoms with Crippen LogP contribution in [-0.2, 0) is 14.3 Å². The van der Waals surface area contributed by atoms with Crippen LogP contribution in [-0.4, -0.2) is 36.1 Å². The first-order chi connectivity index (χ1) is 18.8. The van der Waals surface area contributed by atoms with E-state index in [2.05, 4.69) is 5.32 Å². The summed E-state index contributed by atoms with van der Waals surface area (Å²) in [5.41, 5.74) is 2.59. The molecule has 5 rings (SSSR count). The Hall–Kier alpha value is -4.85. The van der Waals surface area contributed by atoms with E-state index < -0.39 is 23.7 Å². The number of Topliss-reactive ketones (excluding diaryl/α,β-unsaturated/α-hetero) is 1. The van der Waals surface area contributed by atoms with Crippen LogP contribution in [0.25, 0.3) is 0 Å². The summed E-state index contributed by atoms with van der Waals surface area (Å²) in [7, 11) is 0. The van der Waals surface area contributed by atoms with Gasteiger partial charge in [0, 0.05) is 11.3 Å². The second-order valence-electron chi connectivity index (χ2n) is 9.63. The number of allylic oxidation sites excluding steroid dienone is 2. The highest BCUT2D eigenvalue weighted by Gasteiger charge is 2.49. The monoisotopic (exact) mass is 522 g/mol. The van der Waals surface area contributed by atoms with Gasteiger partial charge in [-0.05, 0) is 56.2 Å². The van der Waals surface area contributed by atoms with Gasteiger partial charge in [-0.2, -0.15) is 0 Å². The number of imide groups is 1. The Morgan fingerprint density at radius 2 is 1.51 bits per heavy atom. The minimum Gasteiger partial charge on any atom is -0.454 e. The van der Waals surface area contributed by atoms with E-state index in [1.54, 1.807) is 54.6 Å². The maximum atomic E-state index is 13.2. The number of carbonyl (C=O) groups excluding carboxylic acids is 5. The van der Waals surface area contributed by atoms with Crippen molar-refractivity contribution in [1.82, 2.24) is 0 Å². The van der Waals surface area contributed by atoms with Gasteiger partial charge in [0.2, 0.25) is 11.8 Å². The molecule has 0 bridgehead atoms. The van der Waals surface area contributed by atoms with Crippen LogP contribution in [0.15, 0.2) is 90.5 Å². The van der Waals surface area contributed by atoms with E-state index in [1.165, 1.54) is 24.3 Å². The van der Waals surface area contributed by atoms with E-state index in [4.69, 9.17) is 4.74 Å². The lowest BCUT2D eigenvalue weighted by molar-refractivity contribution is -0.122. The molecule has 196 valence electrons. The van der Waals surface area contributed by atoms with Gasteiger partial charge in [-0.25, -0.2) is 9.69 Å². The van der Waals surface area contributed by atoms with Crippen LogP contribution in [0.5, 0.6) is 0 Å². The number of para-hydroxylation sites is 1. The number of nitrogens with zero attached hydrogens (tertiary/aromatic N) is 1. The Labute approximate surface area is 225 Å². The molecule has 8 nitrogen and oxygen atoms in total. The number of amides is 3. The van der Waals surface area contributed by atoms with E-state index in [9.17, 15) is 24.0 Å². The van der Waals surface area contributed by atoms with Crippen LogP contribution >= 0.6 is 0 Å². The highest BCUT2D eigenvalue weighted by Crippen LogP contribution is 2.40. The number of anilines is 2. The number of benzene rings is 3. The lowest BCUT2D eigenvalue weighted by Gasteiger charge is -2.19. The minimum absolute atomic E-state index is 0.186. The fourth-order valence-electron chi connectivity index (χ4n) is 4.95. The summed E-state index contributed by atoms with van der Waals surface area (Å²) in [6.45, 7) is 1.57. The predicted molar refractivity (Wildman–Crippen MR) is 144 cm³/mol. The molecule has 1 heterocycles. The highest BCUT2D eigenvalue weighted by molar-refractivity contribution is 6.25. The first-order valence-electron chi connectivity index (χ1n) is 12.6. The van der Waals surface area contributed by atoms with Crippen LogP contribution in [0.1, 0.15) is 50.8 Å². The Morgan fingerprint density at radius 3 is 2.26 bits per heavy atom. The third-order valence-corrected chi connectivity index (χ3v) is 7.02. The molecule has 0 unspecified atom stereocenters. The zero-order chi connectivity index (χ0) is 27.5. The molecule has 0 saturated carbocycles. The van der Waals surface area contributed by atoms with Gasteiger partial charge >= 0.3 is 5.97 Å². The molecule has 0 radical (unpaired) electrons. The lowest BCUT2D eigenvalue weighted by Crippen LogP contribution is -2.33. The van der Waals surface area contributed by atoms with Gasteiger partial charge in [-0.1, -0.05) is 54.1 Å². The highest BCUT2D eigenvalue weighted by atomic mass is 16.5. The molecular formula is C31H26N2O6. The molecule has 1 aliphatic heterocycles. The molecular weight excluding hydrogens is 496 g/mol. The molecule has 0 spiro atoms. The van der Waals surface area contributed by atoms with Crippen LogP contribution in [0.2, 0.25) is 0 Å². The van der Waals surface area contributed by atoms with Crippen molar-refractivity contribution >= 4 is 40.8 Å². The van der Waals surface area contributed by atoms with Crippen molar-refractivity contribution in [2.75, 3.05) is 16.8 Å². The molecule has 8 heteroatoms. The third-order valence-electron chi connectivity index (χ3n) is 7.02. The summed E-state index contributed by atoms with van der Waals surface area (Å²) in [5, 5.41) is 2.75. The van der Waals surface area contributed by atoms with Crippen LogP contribution < -0.4 is 10.2 Å². The Kier molecular flexibility index (Phi) is 7.19. The van der Waals surface area contributed by atoms with Crippen LogP contribution in [0.4, 0.5) is 11.4 Å². The average Bonchev–Trinajstić information content (AvgIpc) is 3.20. The van der Waals surface area contributed by atoms with E-state index >= 15 is 0 Å². The summed E-state index contributed by atoms with van der Waals surface area (Å²) < 4.78 is 5.13. The summed E-state index contributed by atoms with van der Waals surface area (Å²) >= 11 is 0.